The number of carbonyl (C=O) groups is 2. The summed E-state index contributed by atoms with van der Waals surface area (Å²) < 4.78 is 5.35. The van der Waals surface area contributed by atoms with Gasteiger partial charge in [0.05, 0.1) is 6.61 Å². The van der Waals surface area contributed by atoms with Crippen molar-refractivity contribution in [3.8, 4) is 5.75 Å². The van der Waals surface area contributed by atoms with Crippen LogP contribution in [-0.2, 0) is 10.3 Å². The van der Waals surface area contributed by atoms with Gasteiger partial charge in [0.25, 0.3) is 5.91 Å². The third-order valence-corrected chi connectivity index (χ3v) is 3.26. The molecular formula is C13H17N3O3. The Hall–Kier alpha value is -2.08. The first kappa shape index (κ1) is 13.4. The van der Waals surface area contributed by atoms with Gasteiger partial charge in [-0.15, -0.1) is 0 Å². The van der Waals surface area contributed by atoms with Gasteiger partial charge >= 0.3 is 6.03 Å². The number of urea groups is 1. The lowest BCUT2D eigenvalue weighted by molar-refractivity contribution is -0.130. The Kier molecular flexibility index (Phi) is 3.44. The first-order valence-corrected chi connectivity index (χ1v) is 6.09. The largest absolute Gasteiger partial charge is 0.494 e. The summed E-state index contributed by atoms with van der Waals surface area (Å²) in [6.07, 6.45) is 0. The number of likely N-dealkylation sites (N-methyl/N-ethyl adjacent to an activating group) is 1. The van der Waals surface area contributed by atoms with Crippen LogP contribution in [0.15, 0.2) is 24.3 Å². The van der Waals surface area contributed by atoms with Crippen molar-refractivity contribution in [1.29, 1.82) is 0 Å². The Bertz CT molecular complexity index is 500. The first-order valence-electron chi connectivity index (χ1n) is 6.09. The molecule has 19 heavy (non-hydrogen) atoms. The quantitative estimate of drug-likeness (QED) is 0.771. The maximum atomic E-state index is 12.2. The average molecular weight is 263 g/mol. The van der Waals surface area contributed by atoms with Crippen LogP contribution < -0.4 is 15.8 Å². The summed E-state index contributed by atoms with van der Waals surface area (Å²) >= 11 is 0. The molecule has 0 saturated carbocycles. The zero-order chi connectivity index (χ0) is 14.0. The predicted octanol–water partition coefficient (Wildman–Crippen LogP) is 0.421. The summed E-state index contributed by atoms with van der Waals surface area (Å²) in [5, 5.41) is 2.66. The monoisotopic (exact) mass is 263 g/mol. The van der Waals surface area contributed by atoms with Crippen LogP contribution in [0.1, 0.15) is 12.5 Å². The number of amides is 3. The van der Waals surface area contributed by atoms with Crippen molar-refractivity contribution < 1.29 is 14.3 Å². The van der Waals surface area contributed by atoms with Crippen LogP contribution in [0.2, 0.25) is 0 Å². The van der Waals surface area contributed by atoms with Gasteiger partial charge < -0.3 is 15.8 Å². The number of hydrogen-bond acceptors (Lipinski definition) is 4. The van der Waals surface area contributed by atoms with Gasteiger partial charge in [-0.25, -0.2) is 4.79 Å². The van der Waals surface area contributed by atoms with E-state index in [1.54, 1.807) is 24.3 Å². The zero-order valence-electron chi connectivity index (χ0n) is 11.0. The number of rotatable bonds is 4. The smallest absolute Gasteiger partial charge is 0.325 e. The number of imide groups is 1. The van der Waals surface area contributed by atoms with Gasteiger partial charge in [0.1, 0.15) is 5.75 Å². The average Bonchev–Trinajstić information content (AvgIpc) is 2.65. The van der Waals surface area contributed by atoms with Crippen LogP contribution in [0.4, 0.5) is 4.79 Å². The van der Waals surface area contributed by atoms with E-state index >= 15 is 0 Å². The molecular weight excluding hydrogens is 246 g/mol. The molecule has 6 nitrogen and oxygen atoms in total. The van der Waals surface area contributed by atoms with Crippen LogP contribution in [0.25, 0.3) is 0 Å². The summed E-state index contributed by atoms with van der Waals surface area (Å²) in [7, 11) is 1.43. The number of nitrogens with one attached hydrogen (secondary N) is 1. The molecule has 1 aromatic rings. The van der Waals surface area contributed by atoms with Crippen LogP contribution in [0.3, 0.4) is 0 Å². The summed E-state index contributed by atoms with van der Waals surface area (Å²) in [5.74, 6) is 0.368. The van der Waals surface area contributed by atoms with Gasteiger partial charge in [0.2, 0.25) is 0 Å². The molecule has 1 fully saturated rings. The normalized spacial score (nSPS) is 22.6. The van der Waals surface area contributed by atoms with Crippen molar-refractivity contribution in [2.24, 2.45) is 5.73 Å². The van der Waals surface area contributed by atoms with E-state index in [9.17, 15) is 9.59 Å². The van der Waals surface area contributed by atoms with Gasteiger partial charge in [-0.3, -0.25) is 9.69 Å². The van der Waals surface area contributed by atoms with Crippen LogP contribution in [0, 0.1) is 0 Å². The van der Waals surface area contributed by atoms with Gasteiger partial charge in [-0.2, -0.15) is 0 Å². The molecule has 1 unspecified atom stereocenters. The van der Waals surface area contributed by atoms with E-state index in [4.69, 9.17) is 10.5 Å². The molecule has 1 aliphatic rings. The SMILES string of the molecule is CCOc1ccc(C2(CN)NC(=O)N(C)C2=O)cc1. The molecule has 3 N–H and O–H groups in total. The zero-order valence-corrected chi connectivity index (χ0v) is 11.0. The number of nitrogens with zero attached hydrogens (tertiary/aromatic N) is 1. The van der Waals surface area contributed by atoms with Crippen LogP contribution in [0.5, 0.6) is 5.75 Å². The summed E-state index contributed by atoms with van der Waals surface area (Å²) in [6.45, 7) is 2.47. The van der Waals surface area contributed by atoms with Crippen LogP contribution >= 0.6 is 0 Å². The van der Waals surface area contributed by atoms with E-state index in [2.05, 4.69) is 5.32 Å². The van der Waals surface area contributed by atoms with Crippen molar-refractivity contribution in [3.63, 3.8) is 0 Å². The second-order valence-corrected chi connectivity index (χ2v) is 4.36. The number of hydrogen-bond donors (Lipinski definition) is 2. The van der Waals surface area contributed by atoms with Crippen molar-refractivity contribution >= 4 is 11.9 Å². The Morgan fingerprint density at radius 1 is 1.32 bits per heavy atom. The minimum absolute atomic E-state index is 0.00982. The molecule has 2 rings (SSSR count). The minimum Gasteiger partial charge on any atom is -0.494 e. The van der Waals surface area contributed by atoms with E-state index in [1.165, 1.54) is 7.05 Å². The lowest BCUT2D eigenvalue weighted by Gasteiger charge is -2.25. The number of nitrogens with two attached hydrogens (primary N) is 1. The van der Waals surface area contributed by atoms with E-state index in [0.717, 1.165) is 4.90 Å². The fourth-order valence-corrected chi connectivity index (χ4v) is 2.15. The van der Waals surface area contributed by atoms with Gasteiger partial charge in [-0.1, -0.05) is 12.1 Å². The topological polar surface area (TPSA) is 84.7 Å². The van der Waals surface area contributed by atoms with Gasteiger partial charge in [-0.05, 0) is 24.6 Å². The molecule has 102 valence electrons. The fraction of sp³-hybridized carbons (Fsp3) is 0.385. The van der Waals surface area contributed by atoms with E-state index in [0.29, 0.717) is 17.9 Å². The standard InChI is InChI=1S/C13H17N3O3/c1-3-19-10-6-4-9(5-7-10)13(8-14)11(17)16(2)12(18)15-13/h4-7H,3,8,14H2,1-2H3,(H,15,18). The Balaban J connectivity index is 2.37. The third-order valence-electron chi connectivity index (χ3n) is 3.26. The van der Waals surface area contributed by atoms with Gasteiger partial charge in [0, 0.05) is 13.6 Å². The summed E-state index contributed by atoms with van der Waals surface area (Å²) in [4.78, 5) is 24.9. The highest BCUT2D eigenvalue weighted by Crippen LogP contribution is 2.28. The van der Waals surface area contributed by atoms with Crippen LogP contribution in [-0.4, -0.2) is 37.0 Å². The molecule has 0 aromatic heterocycles. The molecule has 1 atom stereocenters. The Morgan fingerprint density at radius 2 is 1.95 bits per heavy atom. The van der Waals surface area contributed by atoms with Crippen molar-refractivity contribution in [1.82, 2.24) is 10.2 Å². The second kappa shape index (κ2) is 4.89. The third kappa shape index (κ3) is 2.04. The van der Waals surface area contributed by atoms with E-state index in [-0.39, 0.29) is 12.5 Å². The molecule has 0 aliphatic carbocycles. The molecule has 0 spiro atoms. The predicted molar refractivity (Wildman–Crippen MR) is 69.6 cm³/mol. The highest BCUT2D eigenvalue weighted by atomic mass is 16.5. The van der Waals surface area contributed by atoms with E-state index < -0.39 is 11.6 Å². The maximum Gasteiger partial charge on any atom is 0.325 e. The van der Waals surface area contributed by atoms with Gasteiger partial charge in [0.15, 0.2) is 5.54 Å². The molecule has 1 aliphatic heterocycles. The summed E-state index contributed by atoms with van der Waals surface area (Å²) in [5.41, 5.74) is 5.20. The molecule has 3 amide bonds. The lowest BCUT2D eigenvalue weighted by Crippen LogP contribution is -2.49. The first-order chi connectivity index (χ1) is 9.05. The Labute approximate surface area is 111 Å². The molecule has 0 radical (unpaired) electrons. The highest BCUT2D eigenvalue weighted by molar-refractivity contribution is 6.07. The molecule has 1 aromatic carbocycles. The number of carbonyl (C=O) groups excluding carboxylic acids is 2. The fourth-order valence-electron chi connectivity index (χ4n) is 2.15. The van der Waals surface area contributed by atoms with Crippen molar-refractivity contribution in [3.05, 3.63) is 29.8 Å². The number of ether oxygens (including phenoxy) is 1. The van der Waals surface area contributed by atoms with Crippen molar-refractivity contribution in [2.75, 3.05) is 20.2 Å². The second-order valence-electron chi connectivity index (χ2n) is 4.36. The molecule has 0 bridgehead atoms. The number of benzene rings is 1. The minimum atomic E-state index is -1.17. The molecule has 1 heterocycles. The summed E-state index contributed by atoms with van der Waals surface area (Å²) in [6, 6.07) is 6.57. The lowest BCUT2D eigenvalue weighted by atomic mass is 9.90. The highest BCUT2D eigenvalue weighted by Gasteiger charge is 2.50. The Morgan fingerprint density at radius 3 is 2.37 bits per heavy atom. The van der Waals surface area contributed by atoms with E-state index in [1.807, 2.05) is 6.92 Å². The molecule has 1 saturated heterocycles. The molecule has 6 heteroatoms. The maximum absolute atomic E-state index is 12.2. The van der Waals surface area contributed by atoms with Crippen molar-refractivity contribution in [2.45, 2.75) is 12.5 Å².